The maximum Gasteiger partial charge on any atom is 0.288 e. The zero-order valence-electron chi connectivity index (χ0n) is 10.1. The highest BCUT2D eigenvalue weighted by Crippen LogP contribution is 2.27. The van der Waals surface area contributed by atoms with Gasteiger partial charge in [0.05, 0.1) is 0 Å². The van der Waals surface area contributed by atoms with Gasteiger partial charge >= 0.3 is 0 Å². The van der Waals surface area contributed by atoms with Crippen LogP contribution >= 0.6 is 11.8 Å². The second-order valence-electron chi connectivity index (χ2n) is 4.67. The van der Waals surface area contributed by atoms with E-state index < -0.39 is 5.76 Å². The Kier molecular flexibility index (Phi) is 4.83. The summed E-state index contributed by atoms with van der Waals surface area (Å²) < 4.78 is 24.3. The van der Waals surface area contributed by atoms with Crippen LogP contribution in [0.2, 0.25) is 0 Å². The van der Waals surface area contributed by atoms with E-state index in [2.05, 4.69) is 5.32 Å². The SMILES string of the molecule is NC1CCCC(Nc2ccc(SC(F)F)cc2)C1. The number of nitrogens with two attached hydrogens (primary N) is 1. The third-order valence-corrected chi connectivity index (χ3v) is 3.89. The van der Waals surface area contributed by atoms with Crippen LogP contribution in [0, 0.1) is 0 Å². The lowest BCUT2D eigenvalue weighted by atomic mass is 9.91. The Hall–Kier alpha value is -0.810. The fraction of sp³-hybridized carbons (Fsp3) is 0.538. The van der Waals surface area contributed by atoms with Crippen LogP contribution in [0.1, 0.15) is 25.7 Å². The van der Waals surface area contributed by atoms with Crippen molar-refractivity contribution in [1.29, 1.82) is 0 Å². The molecule has 1 aromatic rings. The van der Waals surface area contributed by atoms with Crippen LogP contribution < -0.4 is 11.1 Å². The summed E-state index contributed by atoms with van der Waals surface area (Å²) in [6.45, 7) is 0. The molecule has 0 heterocycles. The molecule has 18 heavy (non-hydrogen) atoms. The van der Waals surface area contributed by atoms with E-state index >= 15 is 0 Å². The van der Waals surface area contributed by atoms with E-state index in [1.54, 1.807) is 12.1 Å². The van der Waals surface area contributed by atoms with Crippen molar-refractivity contribution in [3.63, 3.8) is 0 Å². The summed E-state index contributed by atoms with van der Waals surface area (Å²) in [5.41, 5.74) is 6.91. The molecule has 1 saturated carbocycles. The molecular weight excluding hydrogens is 254 g/mol. The van der Waals surface area contributed by atoms with Crippen molar-refractivity contribution < 1.29 is 8.78 Å². The molecule has 5 heteroatoms. The maximum atomic E-state index is 12.2. The molecule has 0 aromatic heterocycles. The zero-order valence-corrected chi connectivity index (χ0v) is 10.9. The third-order valence-electron chi connectivity index (χ3n) is 3.17. The summed E-state index contributed by atoms with van der Waals surface area (Å²) in [4.78, 5) is 0.593. The second-order valence-corrected chi connectivity index (χ2v) is 5.73. The Balaban J connectivity index is 1.89. The molecule has 0 amide bonds. The van der Waals surface area contributed by atoms with Crippen LogP contribution in [0.15, 0.2) is 29.2 Å². The molecule has 0 spiro atoms. The second kappa shape index (κ2) is 6.38. The minimum absolute atomic E-state index is 0.282. The molecule has 0 aliphatic heterocycles. The molecular formula is C13H18F2N2S. The lowest BCUT2D eigenvalue weighted by molar-refractivity contribution is 0.252. The molecule has 0 radical (unpaired) electrons. The van der Waals surface area contributed by atoms with Gasteiger partial charge in [-0.25, -0.2) is 0 Å². The largest absolute Gasteiger partial charge is 0.382 e. The Morgan fingerprint density at radius 1 is 1.22 bits per heavy atom. The number of nitrogens with one attached hydrogen (secondary N) is 1. The highest BCUT2D eigenvalue weighted by atomic mass is 32.2. The van der Waals surface area contributed by atoms with Gasteiger partial charge in [-0.2, -0.15) is 8.78 Å². The van der Waals surface area contributed by atoms with Crippen molar-refractivity contribution in [2.75, 3.05) is 5.32 Å². The van der Waals surface area contributed by atoms with Crippen LogP contribution in [-0.2, 0) is 0 Å². The first-order valence-corrected chi connectivity index (χ1v) is 7.08. The number of thioether (sulfide) groups is 1. The molecule has 1 aliphatic rings. The van der Waals surface area contributed by atoms with E-state index in [9.17, 15) is 8.78 Å². The predicted molar refractivity (Wildman–Crippen MR) is 72.2 cm³/mol. The lowest BCUT2D eigenvalue weighted by Gasteiger charge is -2.28. The van der Waals surface area contributed by atoms with Crippen molar-refractivity contribution in [3.05, 3.63) is 24.3 Å². The minimum Gasteiger partial charge on any atom is -0.382 e. The Labute approximate surface area is 110 Å². The third kappa shape index (κ3) is 4.14. The number of anilines is 1. The molecule has 0 saturated heterocycles. The average Bonchev–Trinajstić information content (AvgIpc) is 2.31. The van der Waals surface area contributed by atoms with E-state index in [0.717, 1.165) is 31.4 Å². The normalized spacial score (nSPS) is 24.2. The predicted octanol–water partition coefficient (Wildman–Crippen LogP) is 3.68. The summed E-state index contributed by atoms with van der Waals surface area (Å²) in [6.07, 6.45) is 4.36. The summed E-state index contributed by atoms with van der Waals surface area (Å²) in [6, 6.07) is 7.84. The van der Waals surface area contributed by atoms with Gasteiger partial charge in [0.25, 0.3) is 5.76 Å². The number of benzene rings is 1. The number of rotatable bonds is 4. The van der Waals surface area contributed by atoms with Gasteiger partial charge in [-0.1, -0.05) is 11.8 Å². The molecule has 2 atom stereocenters. The number of halogens is 2. The number of alkyl halides is 2. The van der Waals surface area contributed by atoms with Gasteiger partial charge in [0.15, 0.2) is 0 Å². The molecule has 2 unspecified atom stereocenters. The Morgan fingerprint density at radius 3 is 2.56 bits per heavy atom. The Bertz CT molecular complexity index is 370. The summed E-state index contributed by atoms with van der Waals surface area (Å²) >= 11 is 0.572. The van der Waals surface area contributed by atoms with Crippen molar-refractivity contribution in [2.24, 2.45) is 5.73 Å². The highest BCUT2D eigenvalue weighted by Gasteiger charge is 2.18. The van der Waals surface area contributed by atoms with E-state index in [-0.39, 0.29) is 6.04 Å². The quantitative estimate of drug-likeness (QED) is 0.821. The van der Waals surface area contributed by atoms with Crippen LogP contribution in [0.5, 0.6) is 0 Å². The average molecular weight is 272 g/mol. The monoisotopic (exact) mass is 272 g/mol. The first kappa shape index (κ1) is 13.6. The van der Waals surface area contributed by atoms with Crippen molar-refractivity contribution >= 4 is 17.4 Å². The van der Waals surface area contributed by atoms with Gasteiger partial charge in [-0.3, -0.25) is 0 Å². The van der Waals surface area contributed by atoms with Crippen molar-refractivity contribution in [2.45, 2.75) is 48.4 Å². The first-order chi connectivity index (χ1) is 8.63. The van der Waals surface area contributed by atoms with Crippen LogP contribution in [0.4, 0.5) is 14.5 Å². The van der Waals surface area contributed by atoms with E-state index in [1.807, 2.05) is 12.1 Å². The van der Waals surface area contributed by atoms with Crippen LogP contribution in [-0.4, -0.2) is 17.8 Å². The molecule has 1 fully saturated rings. The van der Waals surface area contributed by atoms with E-state index in [4.69, 9.17) is 5.73 Å². The minimum atomic E-state index is -2.36. The van der Waals surface area contributed by atoms with E-state index in [1.165, 1.54) is 0 Å². The molecule has 100 valence electrons. The van der Waals surface area contributed by atoms with Gasteiger partial charge in [0, 0.05) is 22.7 Å². The smallest absolute Gasteiger partial charge is 0.288 e. The molecule has 1 aliphatic carbocycles. The molecule has 0 bridgehead atoms. The number of hydrogen-bond acceptors (Lipinski definition) is 3. The van der Waals surface area contributed by atoms with Crippen LogP contribution in [0.3, 0.4) is 0 Å². The summed E-state index contributed by atoms with van der Waals surface area (Å²) in [5, 5.41) is 3.42. The number of hydrogen-bond donors (Lipinski definition) is 2. The maximum absolute atomic E-state index is 12.2. The zero-order chi connectivity index (χ0) is 13.0. The molecule has 1 aromatic carbocycles. The standard InChI is InChI=1S/C13H18F2N2S/c14-13(15)18-12-6-4-10(5-7-12)17-11-3-1-2-9(16)8-11/h4-7,9,11,13,17H,1-3,8,16H2. The Morgan fingerprint density at radius 2 is 1.94 bits per heavy atom. The fourth-order valence-corrected chi connectivity index (χ4v) is 2.83. The highest BCUT2D eigenvalue weighted by molar-refractivity contribution is 7.99. The van der Waals surface area contributed by atoms with Gasteiger partial charge in [0.2, 0.25) is 0 Å². The molecule has 2 rings (SSSR count). The summed E-state index contributed by atoms with van der Waals surface area (Å²) in [7, 11) is 0. The van der Waals surface area contributed by atoms with Gasteiger partial charge < -0.3 is 11.1 Å². The summed E-state index contributed by atoms with van der Waals surface area (Å²) in [5.74, 6) is -2.36. The first-order valence-electron chi connectivity index (χ1n) is 6.20. The van der Waals surface area contributed by atoms with E-state index in [0.29, 0.717) is 22.7 Å². The van der Waals surface area contributed by atoms with Crippen molar-refractivity contribution in [3.8, 4) is 0 Å². The fourth-order valence-electron chi connectivity index (χ4n) is 2.33. The van der Waals surface area contributed by atoms with Crippen LogP contribution in [0.25, 0.3) is 0 Å². The van der Waals surface area contributed by atoms with Gasteiger partial charge in [-0.15, -0.1) is 0 Å². The lowest BCUT2D eigenvalue weighted by Crippen LogP contribution is -2.34. The molecule has 2 nitrogen and oxygen atoms in total. The van der Waals surface area contributed by atoms with Gasteiger partial charge in [-0.05, 0) is 49.9 Å². The molecule has 3 N–H and O–H groups in total. The van der Waals surface area contributed by atoms with Crippen molar-refractivity contribution in [1.82, 2.24) is 0 Å². The topological polar surface area (TPSA) is 38.0 Å². The van der Waals surface area contributed by atoms with Gasteiger partial charge in [0.1, 0.15) is 0 Å².